The van der Waals surface area contributed by atoms with E-state index in [4.69, 9.17) is 9.47 Å². The highest BCUT2D eigenvalue weighted by molar-refractivity contribution is 5.99. The molecular weight excluding hydrogens is 327 g/mol. The Kier molecular flexibility index (Phi) is 4.56. The number of nitrogens with one attached hydrogen (secondary N) is 2. The number of ether oxygens (including phenoxy) is 2. The molecule has 1 aliphatic rings. The van der Waals surface area contributed by atoms with Crippen LogP contribution in [0.1, 0.15) is 12.5 Å². The maximum atomic E-state index is 13.7. The van der Waals surface area contributed by atoms with Gasteiger partial charge in [0.05, 0.1) is 19.2 Å². The maximum absolute atomic E-state index is 13.7. The van der Waals surface area contributed by atoms with Gasteiger partial charge < -0.3 is 20.1 Å². The molecule has 0 spiro atoms. The van der Waals surface area contributed by atoms with Gasteiger partial charge in [-0.05, 0) is 42.8 Å². The van der Waals surface area contributed by atoms with Crippen LogP contribution in [0, 0.1) is 5.82 Å². The summed E-state index contributed by atoms with van der Waals surface area (Å²) in [6.45, 7) is 1.65. The molecule has 3 rings (SSSR count). The van der Waals surface area contributed by atoms with Crippen LogP contribution in [0.5, 0.6) is 11.5 Å². The fourth-order valence-electron chi connectivity index (χ4n) is 2.50. The Morgan fingerprint density at radius 1 is 1.32 bits per heavy atom. The number of methoxy groups -OCH3 is 1. The van der Waals surface area contributed by atoms with Crippen LogP contribution in [0.15, 0.2) is 36.4 Å². The minimum atomic E-state index is -0.557. The summed E-state index contributed by atoms with van der Waals surface area (Å²) in [5.41, 5.74) is 1.53. The third-order valence-electron chi connectivity index (χ3n) is 3.78. The highest BCUT2D eigenvalue weighted by Gasteiger charge is 2.23. The molecule has 0 aliphatic carbocycles. The van der Waals surface area contributed by atoms with Gasteiger partial charge in [0.15, 0.2) is 17.7 Å². The van der Waals surface area contributed by atoms with Gasteiger partial charge in [0.1, 0.15) is 5.75 Å². The van der Waals surface area contributed by atoms with Gasteiger partial charge in [-0.3, -0.25) is 9.59 Å². The Hall–Kier alpha value is -3.09. The predicted octanol–water partition coefficient (Wildman–Crippen LogP) is 2.73. The van der Waals surface area contributed by atoms with E-state index in [-0.39, 0.29) is 24.0 Å². The van der Waals surface area contributed by atoms with E-state index in [1.165, 1.54) is 19.2 Å². The van der Waals surface area contributed by atoms with E-state index in [2.05, 4.69) is 10.6 Å². The zero-order valence-corrected chi connectivity index (χ0v) is 13.8. The van der Waals surface area contributed by atoms with Crippen LogP contribution in [-0.2, 0) is 16.0 Å². The van der Waals surface area contributed by atoms with E-state index in [1.54, 1.807) is 31.2 Å². The fourth-order valence-corrected chi connectivity index (χ4v) is 2.50. The molecule has 130 valence electrons. The lowest BCUT2D eigenvalue weighted by atomic mass is 10.1. The van der Waals surface area contributed by atoms with Crippen molar-refractivity contribution in [2.45, 2.75) is 19.4 Å². The molecule has 6 nitrogen and oxygen atoms in total. The van der Waals surface area contributed by atoms with Gasteiger partial charge in [0.25, 0.3) is 5.91 Å². The zero-order chi connectivity index (χ0) is 18.0. The van der Waals surface area contributed by atoms with Crippen molar-refractivity contribution >= 4 is 23.2 Å². The Morgan fingerprint density at radius 2 is 2.12 bits per heavy atom. The van der Waals surface area contributed by atoms with Crippen LogP contribution in [-0.4, -0.2) is 25.0 Å². The molecule has 2 aromatic carbocycles. The minimum absolute atomic E-state index is 0.0118. The van der Waals surface area contributed by atoms with E-state index < -0.39 is 11.9 Å². The van der Waals surface area contributed by atoms with Crippen LogP contribution in [0.4, 0.5) is 15.8 Å². The average Bonchev–Trinajstić information content (AvgIpc) is 2.56. The van der Waals surface area contributed by atoms with E-state index in [0.29, 0.717) is 22.7 Å². The van der Waals surface area contributed by atoms with Crippen molar-refractivity contribution < 1.29 is 23.5 Å². The third-order valence-corrected chi connectivity index (χ3v) is 3.78. The molecule has 0 bridgehead atoms. The van der Waals surface area contributed by atoms with Gasteiger partial charge >= 0.3 is 0 Å². The number of amides is 2. The molecule has 2 N–H and O–H groups in total. The number of hydrogen-bond acceptors (Lipinski definition) is 4. The average molecular weight is 344 g/mol. The van der Waals surface area contributed by atoms with E-state index >= 15 is 0 Å². The van der Waals surface area contributed by atoms with Crippen molar-refractivity contribution in [3.8, 4) is 11.5 Å². The molecule has 2 amide bonds. The molecule has 1 heterocycles. The van der Waals surface area contributed by atoms with Crippen molar-refractivity contribution in [2.75, 3.05) is 17.7 Å². The first-order chi connectivity index (χ1) is 12.0. The molecule has 0 unspecified atom stereocenters. The quantitative estimate of drug-likeness (QED) is 0.894. The summed E-state index contributed by atoms with van der Waals surface area (Å²) >= 11 is 0. The van der Waals surface area contributed by atoms with Crippen LogP contribution in [0.25, 0.3) is 0 Å². The van der Waals surface area contributed by atoms with Gasteiger partial charge in [-0.1, -0.05) is 6.07 Å². The smallest absolute Gasteiger partial charge is 0.265 e. The lowest BCUT2D eigenvalue weighted by molar-refractivity contribution is -0.122. The molecule has 7 heteroatoms. The van der Waals surface area contributed by atoms with Gasteiger partial charge in [0.2, 0.25) is 5.91 Å². The van der Waals surface area contributed by atoms with Crippen molar-refractivity contribution in [3.05, 3.63) is 47.8 Å². The molecule has 0 saturated carbocycles. The fraction of sp³-hybridized carbons (Fsp3) is 0.222. The van der Waals surface area contributed by atoms with Gasteiger partial charge in [-0.2, -0.15) is 0 Å². The summed E-state index contributed by atoms with van der Waals surface area (Å²) in [6, 6.07) is 9.34. The number of anilines is 2. The molecule has 2 aromatic rings. The second-order valence-corrected chi connectivity index (χ2v) is 5.65. The summed E-state index contributed by atoms with van der Waals surface area (Å²) in [6.07, 6.45) is -0.546. The standard InChI is InChI=1S/C18H17FN2O4/c1-10-18(23)21-14-9-12(4-6-16(14)25-10)20-17(22)8-11-3-5-15(24-2)13(19)7-11/h3-7,9-10H,8H2,1-2H3,(H,20,22)(H,21,23)/t10-/m1/s1. The molecule has 1 aliphatic heterocycles. The molecular formula is C18H17FN2O4. The molecule has 0 saturated heterocycles. The zero-order valence-electron chi connectivity index (χ0n) is 13.8. The van der Waals surface area contributed by atoms with Crippen LogP contribution < -0.4 is 20.1 Å². The molecule has 25 heavy (non-hydrogen) atoms. The van der Waals surface area contributed by atoms with Gasteiger partial charge in [-0.15, -0.1) is 0 Å². The third kappa shape index (κ3) is 3.71. The maximum Gasteiger partial charge on any atom is 0.265 e. The lowest BCUT2D eigenvalue weighted by Gasteiger charge is -2.23. The molecule has 0 fully saturated rings. The lowest BCUT2D eigenvalue weighted by Crippen LogP contribution is -2.34. The summed E-state index contributed by atoms with van der Waals surface area (Å²) < 4.78 is 24.0. The van der Waals surface area contributed by atoms with Crippen molar-refractivity contribution in [2.24, 2.45) is 0 Å². The number of halogens is 1. The molecule has 0 radical (unpaired) electrons. The first-order valence-electron chi connectivity index (χ1n) is 7.70. The first-order valence-corrected chi connectivity index (χ1v) is 7.70. The van der Waals surface area contributed by atoms with Crippen LogP contribution >= 0.6 is 0 Å². The van der Waals surface area contributed by atoms with E-state index in [9.17, 15) is 14.0 Å². The number of carbonyl (C=O) groups is 2. The Balaban J connectivity index is 1.68. The molecule has 1 atom stereocenters. The Labute approximate surface area is 143 Å². The van der Waals surface area contributed by atoms with E-state index in [1.807, 2.05) is 0 Å². The number of carbonyl (C=O) groups excluding carboxylic acids is 2. The second kappa shape index (κ2) is 6.80. The largest absolute Gasteiger partial charge is 0.494 e. The highest BCUT2D eigenvalue weighted by Crippen LogP contribution is 2.32. The summed E-state index contributed by atoms with van der Waals surface area (Å²) in [5, 5.41) is 5.43. The predicted molar refractivity (Wildman–Crippen MR) is 90.4 cm³/mol. The SMILES string of the molecule is COc1ccc(CC(=O)Nc2ccc3c(c2)NC(=O)[C@@H](C)O3)cc1F. The summed E-state index contributed by atoms with van der Waals surface area (Å²) in [5.74, 6) is -0.396. The Bertz CT molecular complexity index is 838. The summed E-state index contributed by atoms with van der Waals surface area (Å²) in [7, 11) is 1.38. The van der Waals surface area contributed by atoms with E-state index in [0.717, 1.165) is 0 Å². The first kappa shape index (κ1) is 16.8. The Morgan fingerprint density at radius 3 is 2.84 bits per heavy atom. The monoisotopic (exact) mass is 344 g/mol. The van der Waals surface area contributed by atoms with Crippen molar-refractivity contribution in [3.63, 3.8) is 0 Å². The number of hydrogen-bond donors (Lipinski definition) is 2. The van der Waals surface area contributed by atoms with Gasteiger partial charge in [-0.25, -0.2) is 4.39 Å². The summed E-state index contributed by atoms with van der Waals surface area (Å²) in [4.78, 5) is 23.8. The van der Waals surface area contributed by atoms with Crippen molar-refractivity contribution in [1.29, 1.82) is 0 Å². The highest BCUT2D eigenvalue weighted by atomic mass is 19.1. The number of benzene rings is 2. The topological polar surface area (TPSA) is 76.7 Å². The van der Waals surface area contributed by atoms with Crippen LogP contribution in [0.2, 0.25) is 0 Å². The number of fused-ring (bicyclic) bond motifs is 1. The second-order valence-electron chi connectivity index (χ2n) is 5.65. The minimum Gasteiger partial charge on any atom is -0.494 e. The van der Waals surface area contributed by atoms with Gasteiger partial charge in [0, 0.05) is 5.69 Å². The molecule has 0 aromatic heterocycles. The number of rotatable bonds is 4. The van der Waals surface area contributed by atoms with Crippen LogP contribution in [0.3, 0.4) is 0 Å². The normalized spacial score (nSPS) is 15.6. The van der Waals surface area contributed by atoms with Crippen molar-refractivity contribution in [1.82, 2.24) is 0 Å².